The SMILES string of the molecule is CC(=O)OCCn1c(C)c(COC(C)=O)c(=O)n(C)c1=O. The summed E-state index contributed by atoms with van der Waals surface area (Å²) in [4.78, 5) is 45.7. The van der Waals surface area contributed by atoms with Crippen molar-refractivity contribution in [1.82, 2.24) is 9.13 Å². The highest BCUT2D eigenvalue weighted by Crippen LogP contribution is 2.03. The molecule has 1 rings (SSSR count). The Bertz CT molecular complexity index is 670. The van der Waals surface area contributed by atoms with E-state index in [-0.39, 0.29) is 25.3 Å². The highest BCUT2D eigenvalue weighted by molar-refractivity contribution is 5.66. The molecule has 0 amide bonds. The minimum Gasteiger partial charge on any atom is -0.464 e. The summed E-state index contributed by atoms with van der Waals surface area (Å²) in [5.74, 6) is -0.972. The lowest BCUT2D eigenvalue weighted by atomic mass is 10.2. The van der Waals surface area contributed by atoms with Crippen LogP contribution in [-0.2, 0) is 39.3 Å². The van der Waals surface area contributed by atoms with Crippen LogP contribution < -0.4 is 11.2 Å². The predicted molar refractivity (Wildman–Crippen MR) is 72.8 cm³/mol. The van der Waals surface area contributed by atoms with Gasteiger partial charge in [-0.3, -0.25) is 23.5 Å². The van der Waals surface area contributed by atoms with Gasteiger partial charge >= 0.3 is 17.6 Å². The number of ether oxygens (including phenoxy) is 2. The number of carbonyl (C=O) groups excluding carboxylic acids is 2. The molecule has 1 heterocycles. The van der Waals surface area contributed by atoms with Crippen LogP contribution in [0.4, 0.5) is 0 Å². The molecule has 0 unspecified atom stereocenters. The predicted octanol–water partition coefficient (Wildman–Crippen LogP) is -0.518. The van der Waals surface area contributed by atoms with Gasteiger partial charge in [-0.1, -0.05) is 0 Å². The van der Waals surface area contributed by atoms with Crippen LogP contribution in [0.25, 0.3) is 0 Å². The molecule has 0 atom stereocenters. The maximum absolute atomic E-state index is 12.1. The summed E-state index contributed by atoms with van der Waals surface area (Å²) in [6, 6.07) is 0. The van der Waals surface area contributed by atoms with Gasteiger partial charge in [0, 0.05) is 26.6 Å². The zero-order valence-corrected chi connectivity index (χ0v) is 12.5. The molecule has 0 saturated heterocycles. The van der Waals surface area contributed by atoms with Crippen molar-refractivity contribution in [2.75, 3.05) is 6.61 Å². The highest BCUT2D eigenvalue weighted by atomic mass is 16.5. The fourth-order valence-electron chi connectivity index (χ4n) is 1.82. The number of hydrogen-bond acceptors (Lipinski definition) is 6. The van der Waals surface area contributed by atoms with Crippen LogP contribution in [0.5, 0.6) is 0 Å². The molecule has 0 aliphatic heterocycles. The molecule has 0 radical (unpaired) electrons. The summed E-state index contributed by atoms with van der Waals surface area (Å²) in [5, 5.41) is 0. The van der Waals surface area contributed by atoms with Crippen LogP contribution in [0.2, 0.25) is 0 Å². The summed E-state index contributed by atoms with van der Waals surface area (Å²) < 4.78 is 11.9. The summed E-state index contributed by atoms with van der Waals surface area (Å²) >= 11 is 0. The van der Waals surface area contributed by atoms with Crippen molar-refractivity contribution in [3.63, 3.8) is 0 Å². The zero-order chi connectivity index (χ0) is 16.2. The van der Waals surface area contributed by atoms with Gasteiger partial charge < -0.3 is 9.47 Å². The van der Waals surface area contributed by atoms with Crippen LogP contribution in [-0.4, -0.2) is 27.7 Å². The molecule has 8 nitrogen and oxygen atoms in total. The fourth-order valence-corrected chi connectivity index (χ4v) is 1.82. The van der Waals surface area contributed by atoms with Crippen molar-refractivity contribution in [2.24, 2.45) is 7.05 Å². The molecule has 21 heavy (non-hydrogen) atoms. The van der Waals surface area contributed by atoms with Crippen molar-refractivity contribution in [2.45, 2.75) is 33.9 Å². The van der Waals surface area contributed by atoms with E-state index in [1.54, 1.807) is 6.92 Å². The molecule has 0 aliphatic rings. The quantitative estimate of drug-likeness (QED) is 0.679. The van der Waals surface area contributed by atoms with Gasteiger partial charge in [0.25, 0.3) is 5.56 Å². The summed E-state index contributed by atoms with van der Waals surface area (Å²) in [7, 11) is 1.34. The van der Waals surface area contributed by atoms with Crippen molar-refractivity contribution in [1.29, 1.82) is 0 Å². The van der Waals surface area contributed by atoms with Crippen LogP contribution in [0.3, 0.4) is 0 Å². The smallest absolute Gasteiger partial charge is 0.331 e. The Morgan fingerprint density at radius 3 is 2.19 bits per heavy atom. The minimum atomic E-state index is -0.519. The minimum absolute atomic E-state index is 0.0152. The summed E-state index contributed by atoms with van der Waals surface area (Å²) in [5.41, 5.74) is -0.426. The van der Waals surface area contributed by atoms with Gasteiger partial charge in [0.15, 0.2) is 0 Å². The van der Waals surface area contributed by atoms with Gasteiger partial charge in [0.2, 0.25) is 0 Å². The first kappa shape index (κ1) is 16.7. The van der Waals surface area contributed by atoms with E-state index in [1.165, 1.54) is 25.5 Å². The summed E-state index contributed by atoms with van der Waals surface area (Å²) in [6.45, 7) is 4.00. The molecule has 116 valence electrons. The number of carbonyl (C=O) groups is 2. The number of esters is 2. The first-order valence-corrected chi connectivity index (χ1v) is 6.31. The average Bonchev–Trinajstić information content (AvgIpc) is 2.39. The third-order valence-corrected chi connectivity index (χ3v) is 2.96. The second kappa shape index (κ2) is 6.87. The Morgan fingerprint density at radius 1 is 1.10 bits per heavy atom. The van der Waals surface area contributed by atoms with Gasteiger partial charge in [-0.05, 0) is 6.92 Å². The zero-order valence-electron chi connectivity index (χ0n) is 12.5. The van der Waals surface area contributed by atoms with Gasteiger partial charge in [0.1, 0.15) is 13.2 Å². The third-order valence-electron chi connectivity index (χ3n) is 2.96. The Kier molecular flexibility index (Phi) is 5.45. The van der Waals surface area contributed by atoms with E-state index in [1.807, 2.05) is 0 Å². The van der Waals surface area contributed by atoms with E-state index in [2.05, 4.69) is 0 Å². The third kappa shape index (κ3) is 4.04. The number of aromatic nitrogens is 2. The Balaban J connectivity index is 3.18. The van der Waals surface area contributed by atoms with Gasteiger partial charge in [-0.25, -0.2) is 4.79 Å². The topological polar surface area (TPSA) is 96.6 Å². The van der Waals surface area contributed by atoms with E-state index < -0.39 is 23.2 Å². The van der Waals surface area contributed by atoms with E-state index in [0.717, 1.165) is 4.57 Å². The van der Waals surface area contributed by atoms with E-state index >= 15 is 0 Å². The maximum Gasteiger partial charge on any atom is 0.331 e. The molecule has 1 aromatic heterocycles. The normalized spacial score (nSPS) is 10.3. The lowest BCUT2D eigenvalue weighted by molar-refractivity contribution is -0.143. The van der Waals surface area contributed by atoms with E-state index in [0.29, 0.717) is 5.69 Å². The van der Waals surface area contributed by atoms with Crippen LogP contribution in [0.1, 0.15) is 25.1 Å². The molecular formula is C13H18N2O6. The lowest BCUT2D eigenvalue weighted by Crippen LogP contribution is -2.42. The maximum atomic E-state index is 12.1. The van der Waals surface area contributed by atoms with E-state index in [4.69, 9.17) is 9.47 Å². The van der Waals surface area contributed by atoms with Gasteiger partial charge in [-0.15, -0.1) is 0 Å². The Labute approximate surface area is 120 Å². The molecule has 0 saturated carbocycles. The molecule has 8 heteroatoms. The molecule has 0 spiro atoms. The second-order valence-electron chi connectivity index (χ2n) is 4.48. The number of hydrogen-bond donors (Lipinski definition) is 0. The molecule has 0 aliphatic carbocycles. The molecule has 1 aromatic rings. The molecular weight excluding hydrogens is 280 g/mol. The van der Waals surface area contributed by atoms with Crippen LogP contribution in [0, 0.1) is 6.92 Å². The lowest BCUT2D eigenvalue weighted by Gasteiger charge is -2.15. The first-order valence-electron chi connectivity index (χ1n) is 6.31. The Morgan fingerprint density at radius 2 is 1.67 bits per heavy atom. The van der Waals surface area contributed by atoms with Crippen LogP contribution in [0.15, 0.2) is 9.59 Å². The molecule has 0 fully saturated rings. The second-order valence-corrected chi connectivity index (χ2v) is 4.48. The highest BCUT2D eigenvalue weighted by Gasteiger charge is 2.15. The van der Waals surface area contributed by atoms with Gasteiger partial charge in [-0.2, -0.15) is 0 Å². The van der Waals surface area contributed by atoms with Gasteiger partial charge in [0.05, 0.1) is 12.1 Å². The molecule has 0 N–H and O–H groups in total. The standard InChI is InChI=1S/C13H18N2O6/c1-8-11(7-21-10(3)17)12(18)14(4)13(19)15(8)5-6-20-9(2)16/h5-7H2,1-4H3. The summed E-state index contributed by atoms with van der Waals surface area (Å²) in [6.07, 6.45) is 0. The molecule has 0 aromatic carbocycles. The Hall–Kier alpha value is -2.38. The fraction of sp³-hybridized carbons (Fsp3) is 0.538. The average molecular weight is 298 g/mol. The monoisotopic (exact) mass is 298 g/mol. The van der Waals surface area contributed by atoms with Crippen LogP contribution >= 0.6 is 0 Å². The number of rotatable bonds is 5. The largest absolute Gasteiger partial charge is 0.464 e. The molecule has 0 bridgehead atoms. The van der Waals surface area contributed by atoms with Crippen molar-refractivity contribution in [3.05, 3.63) is 32.1 Å². The van der Waals surface area contributed by atoms with Crippen molar-refractivity contribution in [3.8, 4) is 0 Å². The first-order chi connectivity index (χ1) is 9.75. The number of nitrogens with zero attached hydrogens (tertiary/aromatic N) is 2. The van der Waals surface area contributed by atoms with Crippen molar-refractivity contribution >= 4 is 11.9 Å². The van der Waals surface area contributed by atoms with Crippen molar-refractivity contribution < 1.29 is 19.1 Å². The van der Waals surface area contributed by atoms with E-state index in [9.17, 15) is 19.2 Å².